The van der Waals surface area contributed by atoms with E-state index in [1.165, 1.54) is 0 Å². The SMILES string of the molecule is Nc1cnc(Cl)nc1N1CCN(c2ccccn2)CC1. The van der Waals surface area contributed by atoms with E-state index in [1.807, 2.05) is 24.4 Å². The van der Waals surface area contributed by atoms with Crippen molar-refractivity contribution in [2.45, 2.75) is 0 Å². The van der Waals surface area contributed by atoms with Crippen LogP contribution < -0.4 is 15.5 Å². The maximum atomic E-state index is 5.91. The van der Waals surface area contributed by atoms with Crippen molar-refractivity contribution in [2.24, 2.45) is 0 Å². The Bertz CT molecular complexity index is 583. The molecule has 1 aliphatic heterocycles. The average Bonchev–Trinajstić information content (AvgIpc) is 2.51. The van der Waals surface area contributed by atoms with E-state index in [9.17, 15) is 0 Å². The predicted octanol–water partition coefficient (Wildman–Crippen LogP) is 1.43. The molecule has 104 valence electrons. The van der Waals surface area contributed by atoms with Crippen LogP contribution in [0.15, 0.2) is 30.6 Å². The van der Waals surface area contributed by atoms with E-state index in [0.29, 0.717) is 11.5 Å². The molecule has 1 fully saturated rings. The minimum absolute atomic E-state index is 0.223. The molecule has 0 amide bonds. The Morgan fingerprint density at radius 1 is 1.05 bits per heavy atom. The second-order valence-corrected chi connectivity index (χ2v) is 4.92. The Balaban J connectivity index is 1.71. The van der Waals surface area contributed by atoms with Crippen LogP contribution in [0.25, 0.3) is 0 Å². The van der Waals surface area contributed by atoms with Crippen molar-refractivity contribution < 1.29 is 0 Å². The van der Waals surface area contributed by atoms with Crippen molar-refractivity contribution in [1.29, 1.82) is 0 Å². The highest BCUT2D eigenvalue weighted by atomic mass is 35.5. The molecule has 7 heteroatoms. The molecule has 0 saturated carbocycles. The first-order valence-electron chi connectivity index (χ1n) is 6.43. The fraction of sp³-hybridized carbons (Fsp3) is 0.308. The van der Waals surface area contributed by atoms with Gasteiger partial charge in [0.05, 0.1) is 11.9 Å². The van der Waals surface area contributed by atoms with Crippen molar-refractivity contribution in [1.82, 2.24) is 15.0 Å². The maximum absolute atomic E-state index is 5.91. The van der Waals surface area contributed by atoms with Gasteiger partial charge in [0.15, 0.2) is 5.82 Å². The van der Waals surface area contributed by atoms with Crippen LogP contribution in [0.1, 0.15) is 0 Å². The molecule has 3 heterocycles. The van der Waals surface area contributed by atoms with E-state index in [2.05, 4.69) is 24.8 Å². The highest BCUT2D eigenvalue weighted by Gasteiger charge is 2.20. The quantitative estimate of drug-likeness (QED) is 0.844. The average molecular weight is 291 g/mol. The molecule has 0 unspecified atom stereocenters. The lowest BCUT2D eigenvalue weighted by Gasteiger charge is -2.36. The van der Waals surface area contributed by atoms with Gasteiger partial charge in [0.25, 0.3) is 0 Å². The summed E-state index contributed by atoms with van der Waals surface area (Å²) in [5.41, 5.74) is 6.47. The van der Waals surface area contributed by atoms with Gasteiger partial charge in [-0.1, -0.05) is 6.07 Å². The normalized spacial score (nSPS) is 15.4. The summed E-state index contributed by atoms with van der Waals surface area (Å²) < 4.78 is 0. The van der Waals surface area contributed by atoms with Gasteiger partial charge in [-0.25, -0.2) is 9.97 Å². The Labute approximate surface area is 122 Å². The maximum Gasteiger partial charge on any atom is 0.224 e. The topological polar surface area (TPSA) is 71.2 Å². The van der Waals surface area contributed by atoms with Gasteiger partial charge in [-0.15, -0.1) is 0 Å². The van der Waals surface area contributed by atoms with Gasteiger partial charge in [-0.3, -0.25) is 0 Å². The van der Waals surface area contributed by atoms with Crippen LogP contribution in [0.3, 0.4) is 0 Å². The van der Waals surface area contributed by atoms with E-state index < -0.39 is 0 Å². The molecular formula is C13H15ClN6. The third-order valence-corrected chi connectivity index (χ3v) is 3.50. The van der Waals surface area contributed by atoms with Gasteiger partial charge in [0.1, 0.15) is 5.82 Å². The summed E-state index contributed by atoms with van der Waals surface area (Å²) >= 11 is 5.84. The molecule has 0 aromatic carbocycles. The van der Waals surface area contributed by atoms with Crippen LogP contribution in [0.2, 0.25) is 5.28 Å². The third kappa shape index (κ3) is 2.60. The summed E-state index contributed by atoms with van der Waals surface area (Å²) in [6.07, 6.45) is 3.36. The van der Waals surface area contributed by atoms with Crippen LogP contribution >= 0.6 is 11.6 Å². The fourth-order valence-corrected chi connectivity index (χ4v) is 2.43. The molecule has 1 saturated heterocycles. The first kappa shape index (κ1) is 12.9. The zero-order chi connectivity index (χ0) is 13.9. The minimum atomic E-state index is 0.223. The monoisotopic (exact) mass is 290 g/mol. The number of nitrogens with zero attached hydrogens (tertiary/aromatic N) is 5. The van der Waals surface area contributed by atoms with E-state index in [0.717, 1.165) is 32.0 Å². The van der Waals surface area contributed by atoms with E-state index in [-0.39, 0.29) is 5.28 Å². The molecule has 2 N–H and O–H groups in total. The van der Waals surface area contributed by atoms with Gasteiger partial charge >= 0.3 is 0 Å². The summed E-state index contributed by atoms with van der Waals surface area (Å²) in [5, 5.41) is 0.223. The lowest BCUT2D eigenvalue weighted by molar-refractivity contribution is 0.642. The Hall–Kier alpha value is -2.08. The Morgan fingerprint density at radius 2 is 1.80 bits per heavy atom. The molecule has 0 aliphatic carbocycles. The molecule has 0 bridgehead atoms. The van der Waals surface area contributed by atoms with Crippen LogP contribution in [0.5, 0.6) is 0 Å². The van der Waals surface area contributed by atoms with Crippen LogP contribution in [-0.2, 0) is 0 Å². The molecule has 1 aliphatic rings. The lowest BCUT2D eigenvalue weighted by Crippen LogP contribution is -2.47. The molecule has 0 spiro atoms. The number of aromatic nitrogens is 3. The number of rotatable bonds is 2. The van der Waals surface area contributed by atoms with Crippen LogP contribution in [0.4, 0.5) is 17.3 Å². The highest BCUT2D eigenvalue weighted by molar-refractivity contribution is 6.28. The minimum Gasteiger partial charge on any atom is -0.394 e. The smallest absolute Gasteiger partial charge is 0.224 e. The number of anilines is 3. The number of hydrogen-bond acceptors (Lipinski definition) is 6. The molecule has 6 nitrogen and oxygen atoms in total. The van der Waals surface area contributed by atoms with E-state index in [1.54, 1.807) is 6.20 Å². The Morgan fingerprint density at radius 3 is 2.50 bits per heavy atom. The summed E-state index contributed by atoms with van der Waals surface area (Å²) in [4.78, 5) is 16.8. The molecule has 3 rings (SSSR count). The lowest BCUT2D eigenvalue weighted by atomic mass is 10.3. The van der Waals surface area contributed by atoms with Crippen LogP contribution in [0, 0.1) is 0 Å². The van der Waals surface area contributed by atoms with Crippen molar-refractivity contribution >= 4 is 28.9 Å². The van der Waals surface area contributed by atoms with Gasteiger partial charge in [0.2, 0.25) is 5.28 Å². The second-order valence-electron chi connectivity index (χ2n) is 4.58. The van der Waals surface area contributed by atoms with Crippen molar-refractivity contribution in [3.05, 3.63) is 35.9 Å². The van der Waals surface area contributed by atoms with Crippen molar-refractivity contribution in [3.8, 4) is 0 Å². The van der Waals surface area contributed by atoms with Gasteiger partial charge in [-0.05, 0) is 23.7 Å². The van der Waals surface area contributed by atoms with Gasteiger partial charge in [0, 0.05) is 32.4 Å². The molecular weight excluding hydrogens is 276 g/mol. The Kier molecular flexibility index (Phi) is 3.56. The van der Waals surface area contributed by atoms with Crippen molar-refractivity contribution in [3.63, 3.8) is 0 Å². The molecule has 2 aromatic rings. The first-order chi connectivity index (χ1) is 9.74. The van der Waals surface area contributed by atoms with Gasteiger partial charge in [-0.2, -0.15) is 4.98 Å². The molecule has 0 atom stereocenters. The van der Waals surface area contributed by atoms with E-state index in [4.69, 9.17) is 17.3 Å². The third-order valence-electron chi connectivity index (χ3n) is 3.32. The number of piperazine rings is 1. The number of halogens is 1. The predicted molar refractivity (Wildman–Crippen MR) is 80.1 cm³/mol. The molecule has 2 aromatic heterocycles. The zero-order valence-corrected chi connectivity index (χ0v) is 11.7. The number of hydrogen-bond donors (Lipinski definition) is 1. The molecule has 0 radical (unpaired) electrons. The molecule has 20 heavy (non-hydrogen) atoms. The van der Waals surface area contributed by atoms with E-state index >= 15 is 0 Å². The number of pyridine rings is 1. The first-order valence-corrected chi connectivity index (χ1v) is 6.81. The summed E-state index contributed by atoms with van der Waals surface area (Å²) in [6.45, 7) is 3.40. The van der Waals surface area contributed by atoms with Gasteiger partial charge < -0.3 is 15.5 Å². The summed E-state index contributed by atoms with van der Waals surface area (Å²) in [6, 6.07) is 5.94. The number of nitrogen functional groups attached to an aromatic ring is 1. The second kappa shape index (κ2) is 5.50. The summed E-state index contributed by atoms with van der Waals surface area (Å²) in [5.74, 6) is 1.71. The largest absolute Gasteiger partial charge is 0.394 e. The van der Waals surface area contributed by atoms with Crippen molar-refractivity contribution in [2.75, 3.05) is 41.7 Å². The highest BCUT2D eigenvalue weighted by Crippen LogP contribution is 2.23. The standard InChI is InChI=1S/C13H15ClN6/c14-13-17-9-10(15)12(18-13)20-7-5-19(6-8-20)11-3-1-2-4-16-11/h1-4,9H,5-8,15H2. The number of nitrogens with two attached hydrogens (primary N) is 1. The summed E-state index contributed by atoms with van der Waals surface area (Å²) in [7, 11) is 0. The van der Waals surface area contributed by atoms with Crippen LogP contribution in [-0.4, -0.2) is 41.1 Å². The zero-order valence-electron chi connectivity index (χ0n) is 10.9. The fourth-order valence-electron chi connectivity index (χ4n) is 2.30.